The van der Waals surface area contributed by atoms with E-state index in [9.17, 15) is 4.79 Å². The third kappa shape index (κ3) is 5.94. The summed E-state index contributed by atoms with van der Waals surface area (Å²) >= 11 is 0. The number of morpholine rings is 1. The lowest BCUT2D eigenvalue weighted by atomic mass is 10.2. The van der Waals surface area contributed by atoms with Gasteiger partial charge in [0.2, 0.25) is 0 Å². The second kappa shape index (κ2) is 10.1. The van der Waals surface area contributed by atoms with Crippen LogP contribution < -0.4 is 15.4 Å². The van der Waals surface area contributed by atoms with E-state index in [2.05, 4.69) is 20.5 Å². The highest BCUT2D eigenvalue weighted by Crippen LogP contribution is 2.28. The maximum absolute atomic E-state index is 12.5. The number of benzene rings is 1. The molecule has 1 aromatic heterocycles. The van der Waals surface area contributed by atoms with Crippen molar-refractivity contribution in [3.63, 3.8) is 0 Å². The summed E-state index contributed by atoms with van der Waals surface area (Å²) in [6.45, 7) is 8.73. The van der Waals surface area contributed by atoms with Gasteiger partial charge in [-0.1, -0.05) is 12.1 Å². The van der Waals surface area contributed by atoms with Crippen LogP contribution in [0.25, 0.3) is 0 Å². The first kappa shape index (κ1) is 20.1. The molecule has 1 saturated heterocycles. The molecule has 7 nitrogen and oxygen atoms in total. The number of anilines is 2. The first-order valence-electron chi connectivity index (χ1n) is 9.68. The first-order chi connectivity index (χ1) is 13.6. The maximum atomic E-state index is 12.5. The average Bonchev–Trinajstić information content (AvgIpc) is 2.70. The Labute approximate surface area is 166 Å². The predicted octanol–water partition coefficient (Wildman–Crippen LogP) is 2.67. The molecule has 0 unspecified atom stereocenters. The third-order valence-electron chi connectivity index (χ3n) is 4.35. The lowest BCUT2D eigenvalue weighted by Crippen LogP contribution is -2.41. The average molecular weight is 384 g/mol. The fraction of sp³-hybridized carbons (Fsp3) is 0.429. The fourth-order valence-electron chi connectivity index (χ4n) is 2.97. The molecular weight excluding hydrogens is 356 g/mol. The van der Waals surface area contributed by atoms with E-state index in [0.29, 0.717) is 12.1 Å². The minimum atomic E-state index is -0.129. The van der Waals surface area contributed by atoms with Gasteiger partial charge in [0.25, 0.3) is 5.91 Å². The van der Waals surface area contributed by atoms with Crippen LogP contribution in [-0.2, 0) is 4.74 Å². The zero-order valence-electron chi connectivity index (χ0n) is 16.5. The predicted molar refractivity (Wildman–Crippen MR) is 109 cm³/mol. The number of aromatic nitrogens is 1. The van der Waals surface area contributed by atoms with Crippen LogP contribution in [0.4, 0.5) is 11.4 Å². The summed E-state index contributed by atoms with van der Waals surface area (Å²) in [5.74, 6) is 0.633. The number of nitrogens with one attached hydrogen (secondary N) is 2. The Morgan fingerprint density at radius 2 is 2.04 bits per heavy atom. The molecule has 3 rings (SSSR count). The quantitative estimate of drug-likeness (QED) is 0.729. The Hall–Kier alpha value is -2.64. The van der Waals surface area contributed by atoms with E-state index in [4.69, 9.17) is 9.47 Å². The number of ether oxygens (including phenoxy) is 2. The summed E-state index contributed by atoms with van der Waals surface area (Å²) in [7, 11) is 0. The van der Waals surface area contributed by atoms with Crippen LogP contribution in [0.1, 0.15) is 24.2 Å². The van der Waals surface area contributed by atoms with Crippen molar-refractivity contribution < 1.29 is 14.3 Å². The molecule has 1 aliphatic rings. The minimum absolute atomic E-state index is 0.0738. The van der Waals surface area contributed by atoms with Gasteiger partial charge in [0.15, 0.2) is 0 Å². The molecule has 0 aliphatic carbocycles. The summed E-state index contributed by atoms with van der Waals surface area (Å²) < 4.78 is 11.2. The van der Waals surface area contributed by atoms with Crippen molar-refractivity contribution in [1.82, 2.24) is 15.2 Å². The Morgan fingerprint density at radius 3 is 2.82 bits per heavy atom. The Morgan fingerprint density at radius 1 is 1.25 bits per heavy atom. The smallest absolute Gasteiger partial charge is 0.252 e. The monoisotopic (exact) mass is 384 g/mol. The van der Waals surface area contributed by atoms with Crippen LogP contribution in [0.2, 0.25) is 0 Å². The van der Waals surface area contributed by atoms with Gasteiger partial charge in [0.05, 0.1) is 42.5 Å². The molecule has 7 heteroatoms. The topological polar surface area (TPSA) is 75.7 Å². The Balaban J connectivity index is 1.58. The van der Waals surface area contributed by atoms with Gasteiger partial charge in [-0.25, -0.2) is 0 Å². The van der Waals surface area contributed by atoms with Crippen molar-refractivity contribution >= 4 is 17.3 Å². The summed E-state index contributed by atoms with van der Waals surface area (Å²) in [5.41, 5.74) is 2.10. The largest absolute Gasteiger partial charge is 0.489 e. The number of hydrogen-bond acceptors (Lipinski definition) is 6. The van der Waals surface area contributed by atoms with Gasteiger partial charge >= 0.3 is 0 Å². The van der Waals surface area contributed by atoms with Crippen molar-refractivity contribution in [2.24, 2.45) is 0 Å². The molecule has 2 heterocycles. The van der Waals surface area contributed by atoms with Gasteiger partial charge in [-0.15, -0.1) is 0 Å². The van der Waals surface area contributed by atoms with E-state index in [-0.39, 0.29) is 12.0 Å². The molecule has 2 N–H and O–H groups in total. The number of para-hydroxylation sites is 2. The van der Waals surface area contributed by atoms with Gasteiger partial charge in [-0.2, -0.15) is 0 Å². The second-order valence-corrected chi connectivity index (χ2v) is 6.96. The fourth-order valence-corrected chi connectivity index (χ4v) is 2.97. The minimum Gasteiger partial charge on any atom is -0.489 e. The standard InChI is InChI=1S/C21H28N4O3/c1-16(2)28-20-6-4-3-5-19(20)24-18-13-17(14-22-15-18)21(26)23-7-8-25-9-11-27-12-10-25/h3-6,13-16,24H,7-12H2,1-2H3,(H,23,26). The molecule has 0 radical (unpaired) electrons. The van der Waals surface area contributed by atoms with Crippen LogP contribution in [-0.4, -0.2) is 61.3 Å². The maximum Gasteiger partial charge on any atom is 0.252 e. The number of rotatable bonds is 8. The third-order valence-corrected chi connectivity index (χ3v) is 4.35. The van der Waals surface area contributed by atoms with Gasteiger partial charge < -0.3 is 20.1 Å². The van der Waals surface area contributed by atoms with Crippen LogP contribution >= 0.6 is 0 Å². The van der Waals surface area contributed by atoms with Crippen LogP contribution in [0.3, 0.4) is 0 Å². The molecule has 0 atom stereocenters. The highest BCUT2D eigenvalue weighted by molar-refractivity contribution is 5.94. The van der Waals surface area contributed by atoms with E-state index in [1.807, 2.05) is 38.1 Å². The number of nitrogens with zero attached hydrogens (tertiary/aromatic N) is 2. The van der Waals surface area contributed by atoms with Crippen LogP contribution in [0.5, 0.6) is 5.75 Å². The van der Waals surface area contributed by atoms with Crippen molar-refractivity contribution in [1.29, 1.82) is 0 Å². The molecule has 150 valence electrons. The highest BCUT2D eigenvalue weighted by atomic mass is 16.5. The molecule has 2 aromatic rings. The SMILES string of the molecule is CC(C)Oc1ccccc1Nc1cncc(C(=O)NCCN2CCOCC2)c1. The summed E-state index contributed by atoms with van der Waals surface area (Å²) in [6.07, 6.45) is 3.34. The Bertz CT molecular complexity index is 776. The normalized spacial score (nSPS) is 14.7. The number of amides is 1. The van der Waals surface area contributed by atoms with Crippen molar-refractivity contribution in [2.45, 2.75) is 20.0 Å². The first-order valence-corrected chi connectivity index (χ1v) is 9.68. The van der Waals surface area contributed by atoms with E-state index in [0.717, 1.165) is 50.0 Å². The zero-order chi connectivity index (χ0) is 19.8. The van der Waals surface area contributed by atoms with E-state index < -0.39 is 0 Å². The molecule has 1 aromatic carbocycles. The molecule has 1 aliphatic heterocycles. The van der Waals surface area contributed by atoms with Gasteiger partial charge in [0.1, 0.15) is 5.75 Å². The molecule has 28 heavy (non-hydrogen) atoms. The molecule has 0 bridgehead atoms. The molecule has 0 spiro atoms. The zero-order valence-corrected chi connectivity index (χ0v) is 16.5. The van der Waals surface area contributed by atoms with Gasteiger partial charge in [-0.05, 0) is 32.0 Å². The number of pyridine rings is 1. The summed E-state index contributed by atoms with van der Waals surface area (Å²) in [5, 5.41) is 6.25. The van der Waals surface area contributed by atoms with Crippen molar-refractivity contribution in [3.05, 3.63) is 48.3 Å². The number of hydrogen-bond donors (Lipinski definition) is 2. The van der Waals surface area contributed by atoms with E-state index in [1.54, 1.807) is 18.5 Å². The molecule has 1 amide bonds. The van der Waals surface area contributed by atoms with Crippen molar-refractivity contribution in [2.75, 3.05) is 44.7 Å². The van der Waals surface area contributed by atoms with E-state index in [1.165, 1.54) is 0 Å². The van der Waals surface area contributed by atoms with Crippen LogP contribution in [0, 0.1) is 0 Å². The number of carbonyl (C=O) groups is 1. The van der Waals surface area contributed by atoms with E-state index >= 15 is 0 Å². The van der Waals surface area contributed by atoms with Crippen LogP contribution in [0.15, 0.2) is 42.7 Å². The van der Waals surface area contributed by atoms with Crippen molar-refractivity contribution in [3.8, 4) is 5.75 Å². The lowest BCUT2D eigenvalue weighted by molar-refractivity contribution is 0.0383. The lowest BCUT2D eigenvalue weighted by Gasteiger charge is -2.26. The molecule has 0 saturated carbocycles. The molecule has 1 fully saturated rings. The highest BCUT2D eigenvalue weighted by Gasteiger charge is 2.12. The van der Waals surface area contributed by atoms with Gasteiger partial charge in [0, 0.05) is 32.4 Å². The number of carbonyl (C=O) groups excluding carboxylic acids is 1. The van der Waals surface area contributed by atoms with Gasteiger partial charge in [-0.3, -0.25) is 14.7 Å². The Kier molecular flexibility index (Phi) is 7.22. The second-order valence-electron chi connectivity index (χ2n) is 6.96. The molecular formula is C21H28N4O3. The summed E-state index contributed by atoms with van der Waals surface area (Å²) in [6, 6.07) is 9.51. The summed E-state index contributed by atoms with van der Waals surface area (Å²) in [4.78, 5) is 18.9.